The van der Waals surface area contributed by atoms with Crippen LogP contribution in [0.2, 0.25) is 0 Å². The molecule has 0 radical (unpaired) electrons. The molecule has 0 aromatic carbocycles. The fourth-order valence-corrected chi connectivity index (χ4v) is 1.64. The first kappa shape index (κ1) is 17.1. The normalized spacial score (nSPS) is 12.2. The van der Waals surface area contributed by atoms with E-state index in [4.69, 9.17) is 0 Å². The predicted molar refractivity (Wildman–Crippen MR) is 66.9 cm³/mol. The monoisotopic (exact) mass is 212 g/mol. The Labute approximate surface area is 109 Å². The van der Waals surface area contributed by atoms with E-state index >= 15 is 0 Å². The van der Waals surface area contributed by atoms with Crippen molar-refractivity contribution in [3.05, 3.63) is 0 Å². The van der Waals surface area contributed by atoms with Gasteiger partial charge in [-0.15, -0.1) is 0 Å². The first-order chi connectivity index (χ1) is 6.31. The van der Waals surface area contributed by atoms with Crippen LogP contribution in [0.15, 0.2) is 0 Å². The fraction of sp³-hybridized carbons (Fsp3) is 1.00. The summed E-state index contributed by atoms with van der Waals surface area (Å²) in [6.07, 6.45) is 11.0. The molecular formula is C12H28MgO. The SMILES string of the molecule is CCCCCCCCC(O)CCC.[H-].[H-].[Mg+2]. The molecule has 0 bridgehead atoms. The van der Waals surface area contributed by atoms with Crippen LogP contribution in [0.1, 0.15) is 74.5 Å². The van der Waals surface area contributed by atoms with Gasteiger partial charge in [0.05, 0.1) is 6.10 Å². The number of hydrogen-bond acceptors (Lipinski definition) is 1. The number of aliphatic hydroxyl groups is 1. The topological polar surface area (TPSA) is 20.2 Å². The molecule has 1 N–H and O–H groups in total. The van der Waals surface area contributed by atoms with Crippen LogP contribution in [0.25, 0.3) is 0 Å². The van der Waals surface area contributed by atoms with Gasteiger partial charge < -0.3 is 7.96 Å². The van der Waals surface area contributed by atoms with E-state index in [2.05, 4.69) is 13.8 Å². The van der Waals surface area contributed by atoms with E-state index in [1.54, 1.807) is 0 Å². The summed E-state index contributed by atoms with van der Waals surface area (Å²) < 4.78 is 0. The third kappa shape index (κ3) is 12.7. The molecule has 0 spiro atoms. The Morgan fingerprint density at radius 3 is 2.00 bits per heavy atom. The van der Waals surface area contributed by atoms with Crippen LogP contribution >= 0.6 is 0 Å². The summed E-state index contributed by atoms with van der Waals surface area (Å²) in [5.41, 5.74) is 0. The molecule has 0 aliphatic rings. The van der Waals surface area contributed by atoms with Crippen molar-refractivity contribution in [1.29, 1.82) is 0 Å². The van der Waals surface area contributed by atoms with Gasteiger partial charge in [-0.3, -0.25) is 0 Å². The van der Waals surface area contributed by atoms with E-state index < -0.39 is 0 Å². The Kier molecular flexibility index (Phi) is 16.8. The molecule has 84 valence electrons. The van der Waals surface area contributed by atoms with Crippen LogP contribution in [0.4, 0.5) is 0 Å². The summed E-state index contributed by atoms with van der Waals surface area (Å²) in [6, 6.07) is 0. The van der Waals surface area contributed by atoms with E-state index in [9.17, 15) is 5.11 Å². The second-order valence-corrected chi connectivity index (χ2v) is 4.00. The van der Waals surface area contributed by atoms with Crippen molar-refractivity contribution >= 4 is 23.1 Å². The van der Waals surface area contributed by atoms with Gasteiger partial charge in [0, 0.05) is 0 Å². The molecule has 1 atom stereocenters. The van der Waals surface area contributed by atoms with Crippen molar-refractivity contribution in [2.75, 3.05) is 0 Å². The molecule has 0 amide bonds. The van der Waals surface area contributed by atoms with Crippen molar-refractivity contribution < 1.29 is 7.96 Å². The molecule has 0 aromatic heterocycles. The maximum Gasteiger partial charge on any atom is 2.00 e. The Bertz CT molecular complexity index is 105. The smallest absolute Gasteiger partial charge is 1.00 e. The van der Waals surface area contributed by atoms with Crippen LogP contribution in [-0.2, 0) is 0 Å². The molecule has 1 unspecified atom stereocenters. The predicted octanol–water partition coefficient (Wildman–Crippen LogP) is 3.74. The molecule has 0 fully saturated rings. The molecule has 0 rings (SSSR count). The standard InChI is InChI=1S/C12H26O.Mg.2H/c1-3-5-6-7-8-9-11-12(13)10-4-2;;;/h12-13H,3-11H2,1-2H3;;;/q;+2;2*-1. The zero-order valence-electron chi connectivity index (χ0n) is 12.1. The number of aliphatic hydroxyl groups excluding tert-OH is 1. The second kappa shape index (κ2) is 13.7. The van der Waals surface area contributed by atoms with Gasteiger partial charge in [-0.05, 0) is 12.8 Å². The molecule has 1 nitrogen and oxygen atoms in total. The average molecular weight is 213 g/mol. The average Bonchev–Trinajstić information content (AvgIpc) is 2.11. The molecule has 2 heteroatoms. The van der Waals surface area contributed by atoms with Crippen molar-refractivity contribution in [3.63, 3.8) is 0 Å². The first-order valence-corrected chi connectivity index (χ1v) is 5.99. The molecule has 14 heavy (non-hydrogen) atoms. The van der Waals surface area contributed by atoms with Crippen LogP contribution in [0, 0.1) is 0 Å². The van der Waals surface area contributed by atoms with Crippen molar-refractivity contribution in [2.45, 2.75) is 77.7 Å². The number of hydrogen-bond donors (Lipinski definition) is 1. The van der Waals surface area contributed by atoms with E-state index in [0.717, 1.165) is 19.3 Å². The van der Waals surface area contributed by atoms with E-state index in [-0.39, 0.29) is 32.0 Å². The van der Waals surface area contributed by atoms with Crippen LogP contribution in [0.3, 0.4) is 0 Å². The van der Waals surface area contributed by atoms with Crippen molar-refractivity contribution in [3.8, 4) is 0 Å². The van der Waals surface area contributed by atoms with Crippen LogP contribution < -0.4 is 0 Å². The van der Waals surface area contributed by atoms with Gasteiger partial charge >= 0.3 is 23.1 Å². The molecular weight excluding hydrogens is 184 g/mol. The molecule has 0 aromatic rings. The summed E-state index contributed by atoms with van der Waals surface area (Å²) in [5, 5.41) is 9.45. The zero-order valence-corrected chi connectivity index (χ0v) is 11.5. The van der Waals surface area contributed by atoms with Gasteiger partial charge in [0.1, 0.15) is 0 Å². The Balaban J connectivity index is -0.000000240. The number of rotatable bonds is 9. The summed E-state index contributed by atoms with van der Waals surface area (Å²) >= 11 is 0. The third-order valence-electron chi connectivity index (χ3n) is 2.51. The summed E-state index contributed by atoms with van der Waals surface area (Å²) in [5.74, 6) is 0. The van der Waals surface area contributed by atoms with Crippen LogP contribution in [-0.4, -0.2) is 34.3 Å². The van der Waals surface area contributed by atoms with Gasteiger partial charge in [-0.2, -0.15) is 0 Å². The van der Waals surface area contributed by atoms with E-state index in [0.29, 0.717) is 0 Å². The van der Waals surface area contributed by atoms with E-state index in [1.807, 2.05) is 0 Å². The maximum absolute atomic E-state index is 9.45. The minimum Gasteiger partial charge on any atom is -1.00 e. The third-order valence-corrected chi connectivity index (χ3v) is 2.51. The van der Waals surface area contributed by atoms with Gasteiger partial charge in [-0.25, -0.2) is 0 Å². The quantitative estimate of drug-likeness (QED) is 0.456. The van der Waals surface area contributed by atoms with Gasteiger partial charge in [0.25, 0.3) is 0 Å². The summed E-state index contributed by atoms with van der Waals surface area (Å²) in [6.45, 7) is 4.37. The van der Waals surface area contributed by atoms with Gasteiger partial charge in [0.15, 0.2) is 0 Å². The summed E-state index contributed by atoms with van der Waals surface area (Å²) in [7, 11) is 0. The number of unbranched alkanes of at least 4 members (excludes halogenated alkanes) is 5. The van der Waals surface area contributed by atoms with Crippen LogP contribution in [0.5, 0.6) is 0 Å². The Hall–Kier alpha value is 0.726. The van der Waals surface area contributed by atoms with Gasteiger partial charge in [-0.1, -0.05) is 58.8 Å². The molecule has 0 aliphatic heterocycles. The van der Waals surface area contributed by atoms with Crippen molar-refractivity contribution in [1.82, 2.24) is 0 Å². The van der Waals surface area contributed by atoms with Crippen molar-refractivity contribution in [2.24, 2.45) is 0 Å². The zero-order chi connectivity index (χ0) is 9.94. The molecule has 0 saturated heterocycles. The summed E-state index contributed by atoms with van der Waals surface area (Å²) in [4.78, 5) is 0. The molecule has 0 heterocycles. The minimum atomic E-state index is -0.0313. The molecule has 0 saturated carbocycles. The Morgan fingerprint density at radius 2 is 1.43 bits per heavy atom. The second-order valence-electron chi connectivity index (χ2n) is 4.00. The largest absolute Gasteiger partial charge is 2.00 e. The minimum absolute atomic E-state index is 0. The maximum atomic E-state index is 9.45. The van der Waals surface area contributed by atoms with Gasteiger partial charge in [0.2, 0.25) is 0 Å². The Morgan fingerprint density at radius 1 is 0.857 bits per heavy atom. The molecule has 0 aliphatic carbocycles. The van der Waals surface area contributed by atoms with E-state index in [1.165, 1.54) is 38.5 Å². The fourth-order valence-electron chi connectivity index (χ4n) is 1.64. The first-order valence-electron chi connectivity index (χ1n) is 5.99.